The fraction of sp³-hybridized carbons (Fsp3) is 0.500. The molecular formula is C14H22N2O2. The fourth-order valence-electron chi connectivity index (χ4n) is 1.76. The van der Waals surface area contributed by atoms with Gasteiger partial charge in [0.2, 0.25) is 0 Å². The quantitative estimate of drug-likeness (QED) is 0.617. The number of nitrogens with one attached hydrogen (secondary N) is 2. The highest BCUT2D eigenvalue weighted by atomic mass is 16.4. The Morgan fingerprint density at radius 1 is 1.17 bits per heavy atom. The zero-order valence-electron chi connectivity index (χ0n) is 11.0. The second-order valence-electron chi connectivity index (χ2n) is 4.38. The van der Waals surface area contributed by atoms with Crippen molar-refractivity contribution < 1.29 is 9.90 Å². The molecule has 0 spiro atoms. The minimum atomic E-state index is -0.836. The van der Waals surface area contributed by atoms with Gasteiger partial charge in [0, 0.05) is 6.04 Å². The fourth-order valence-corrected chi connectivity index (χ4v) is 1.76. The first-order valence-corrected chi connectivity index (χ1v) is 6.45. The average Bonchev–Trinajstić information content (AvgIpc) is 2.39. The zero-order chi connectivity index (χ0) is 13.4. The number of aliphatic carboxylic acids is 1. The third kappa shape index (κ3) is 4.85. The van der Waals surface area contributed by atoms with E-state index in [9.17, 15) is 9.90 Å². The second kappa shape index (κ2) is 7.84. The molecule has 4 heteroatoms. The molecule has 1 aromatic rings. The number of hydrogen-bond acceptors (Lipinski definition) is 3. The maximum Gasteiger partial charge on any atom is 0.322 e. The molecule has 0 saturated carbocycles. The molecule has 0 aromatic heterocycles. The van der Waals surface area contributed by atoms with E-state index in [1.807, 2.05) is 30.3 Å². The van der Waals surface area contributed by atoms with Crippen LogP contribution in [0.3, 0.4) is 0 Å². The van der Waals surface area contributed by atoms with Crippen LogP contribution in [-0.2, 0) is 11.2 Å². The van der Waals surface area contributed by atoms with Crippen LogP contribution in [0.4, 0.5) is 0 Å². The van der Waals surface area contributed by atoms with Crippen LogP contribution in [0.15, 0.2) is 30.3 Å². The topological polar surface area (TPSA) is 61.4 Å². The predicted molar refractivity (Wildman–Crippen MR) is 72.2 cm³/mol. The van der Waals surface area contributed by atoms with Crippen LogP contribution < -0.4 is 10.9 Å². The van der Waals surface area contributed by atoms with Crippen molar-refractivity contribution in [3.63, 3.8) is 0 Å². The van der Waals surface area contributed by atoms with Gasteiger partial charge in [0.25, 0.3) is 0 Å². The molecule has 0 radical (unpaired) electrons. The lowest BCUT2D eigenvalue weighted by Crippen LogP contribution is -2.50. The molecule has 0 fully saturated rings. The Bertz CT molecular complexity index is 350. The van der Waals surface area contributed by atoms with E-state index < -0.39 is 12.0 Å². The van der Waals surface area contributed by atoms with Crippen molar-refractivity contribution in [2.24, 2.45) is 0 Å². The van der Waals surface area contributed by atoms with Gasteiger partial charge in [-0.1, -0.05) is 44.2 Å². The van der Waals surface area contributed by atoms with Crippen molar-refractivity contribution in [1.82, 2.24) is 10.9 Å². The smallest absolute Gasteiger partial charge is 0.322 e. The van der Waals surface area contributed by atoms with Crippen molar-refractivity contribution >= 4 is 5.97 Å². The molecule has 0 saturated heterocycles. The van der Waals surface area contributed by atoms with Gasteiger partial charge in [-0.2, -0.15) is 0 Å². The Balaban J connectivity index is 2.53. The summed E-state index contributed by atoms with van der Waals surface area (Å²) in [4.78, 5) is 11.2. The monoisotopic (exact) mass is 250 g/mol. The largest absolute Gasteiger partial charge is 0.480 e. The summed E-state index contributed by atoms with van der Waals surface area (Å²) >= 11 is 0. The molecular weight excluding hydrogens is 228 g/mol. The Morgan fingerprint density at radius 3 is 2.28 bits per heavy atom. The van der Waals surface area contributed by atoms with Gasteiger partial charge >= 0.3 is 5.97 Å². The molecule has 1 atom stereocenters. The van der Waals surface area contributed by atoms with E-state index >= 15 is 0 Å². The average molecular weight is 250 g/mol. The molecule has 1 aromatic carbocycles. The highest BCUT2D eigenvalue weighted by molar-refractivity contribution is 5.73. The van der Waals surface area contributed by atoms with Crippen molar-refractivity contribution in [3.05, 3.63) is 35.9 Å². The number of carboxylic acids is 1. The molecule has 0 aliphatic carbocycles. The minimum absolute atomic E-state index is 0.308. The van der Waals surface area contributed by atoms with Gasteiger partial charge in [-0.25, -0.2) is 5.43 Å². The molecule has 1 rings (SSSR count). The van der Waals surface area contributed by atoms with Crippen molar-refractivity contribution in [2.45, 2.75) is 45.2 Å². The van der Waals surface area contributed by atoms with Gasteiger partial charge in [0.05, 0.1) is 0 Å². The summed E-state index contributed by atoms with van der Waals surface area (Å²) in [7, 11) is 0. The summed E-state index contributed by atoms with van der Waals surface area (Å²) in [6.45, 7) is 4.16. The molecule has 3 N–H and O–H groups in total. The van der Waals surface area contributed by atoms with Crippen molar-refractivity contribution in [1.29, 1.82) is 0 Å². The van der Waals surface area contributed by atoms with Crippen LogP contribution in [-0.4, -0.2) is 23.2 Å². The van der Waals surface area contributed by atoms with Gasteiger partial charge < -0.3 is 5.11 Å². The second-order valence-corrected chi connectivity index (χ2v) is 4.38. The molecule has 1 unspecified atom stereocenters. The molecule has 100 valence electrons. The summed E-state index contributed by atoms with van der Waals surface area (Å²) in [6.07, 6.45) is 2.42. The maximum absolute atomic E-state index is 11.2. The number of hydrogen-bond donors (Lipinski definition) is 3. The number of hydrazine groups is 1. The van der Waals surface area contributed by atoms with E-state index in [4.69, 9.17) is 0 Å². The van der Waals surface area contributed by atoms with Gasteiger partial charge in [-0.15, -0.1) is 0 Å². The highest BCUT2D eigenvalue weighted by Gasteiger charge is 2.18. The summed E-state index contributed by atoms with van der Waals surface area (Å²) in [6, 6.07) is 9.35. The number of benzene rings is 1. The normalized spacial score (nSPS) is 12.6. The van der Waals surface area contributed by atoms with E-state index in [1.54, 1.807) is 0 Å². The zero-order valence-corrected chi connectivity index (χ0v) is 11.0. The Morgan fingerprint density at radius 2 is 1.78 bits per heavy atom. The molecule has 0 amide bonds. The highest BCUT2D eigenvalue weighted by Crippen LogP contribution is 2.03. The molecule has 0 aliphatic rings. The van der Waals surface area contributed by atoms with Crippen LogP contribution in [0.1, 0.15) is 32.3 Å². The summed E-state index contributed by atoms with van der Waals surface area (Å²) in [5, 5.41) is 9.19. The lowest BCUT2D eigenvalue weighted by Gasteiger charge is -2.20. The first-order valence-electron chi connectivity index (χ1n) is 6.45. The lowest BCUT2D eigenvalue weighted by molar-refractivity contribution is -0.139. The van der Waals surface area contributed by atoms with E-state index in [2.05, 4.69) is 24.7 Å². The number of carbonyl (C=O) groups is 1. The molecule has 0 aliphatic heterocycles. The first-order chi connectivity index (χ1) is 8.67. The molecule has 18 heavy (non-hydrogen) atoms. The number of carboxylic acid groups (broad SMARTS) is 1. The lowest BCUT2D eigenvalue weighted by atomic mass is 10.1. The third-order valence-corrected chi connectivity index (χ3v) is 3.03. The van der Waals surface area contributed by atoms with Crippen LogP contribution in [0.2, 0.25) is 0 Å². The SMILES string of the molecule is CCC(CC)NNC(Cc1ccccc1)C(=O)O. The van der Waals surface area contributed by atoms with Gasteiger partial charge in [0.1, 0.15) is 6.04 Å². The maximum atomic E-state index is 11.2. The standard InChI is InChI=1S/C14H22N2O2/c1-3-12(4-2)15-16-13(14(17)18)10-11-8-6-5-7-9-11/h5-9,12-13,15-16H,3-4,10H2,1-2H3,(H,17,18). The van der Waals surface area contributed by atoms with Crippen LogP contribution >= 0.6 is 0 Å². The first kappa shape index (κ1) is 14.7. The van der Waals surface area contributed by atoms with Crippen LogP contribution in [0.25, 0.3) is 0 Å². The predicted octanol–water partition coefficient (Wildman–Crippen LogP) is 1.97. The van der Waals surface area contributed by atoms with E-state index in [1.165, 1.54) is 0 Å². The summed E-state index contributed by atoms with van der Waals surface area (Å²) in [5.74, 6) is -0.836. The molecule has 0 bridgehead atoms. The van der Waals surface area contributed by atoms with Crippen molar-refractivity contribution in [3.8, 4) is 0 Å². The van der Waals surface area contributed by atoms with Crippen molar-refractivity contribution in [2.75, 3.05) is 0 Å². The summed E-state index contributed by atoms with van der Waals surface area (Å²) < 4.78 is 0. The van der Waals surface area contributed by atoms with E-state index in [0.29, 0.717) is 12.5 Å². The number of rotatable bonds is 8. The molecule has 0 heterocycles. The minimum Gasteiger partial charge on any atom is -0.480 e. The van der Waals surface area contributed by atoms with Crippen LogP contribution in [0, 0.1) is 0 Å². The van der Waals surface area contributed by atoms with Gasteiger partial charge in [-0.3, -0.25) is 10.2 Å². The van der Waals surface area contributed by atoms with Crippen LogP contribution in [0.5, 0.6) is 0 Å². The van der Waals surface area contributed by atoms with Gasteiger partial charge in [-0.05, 0) is 24.8 Å². The van der Waals surface area contributed by atoms with Gasteiger partial charge in [0.15, 0.2) is 0 Å². The Hall–Kier alpha value is -1.39. The Labute approximate surface area is 108 Å². The van der Waals surface area contributed by atoms with E-state index in [0.717, 1.165) is 18.4 Å². The Kier molecular flexibility index (Phi) is 6.39. The molecule has 4 nitrogen and oxygen atoms in total. The summed E-state index contributed by atoms with van der Waals surface area (Å²) in [5.41, 5.74) is 7.03. The van der Waals surface area contributed by atoms with E-state index in [-0.39, 0.29) is 0 Å². The third-order valence-electron chi connectivity index (χ3n) is 3.03.